The number of fused-ring (bicyclic) bond motifs is 1. The smallest absolute Gasteiger partial charge is 0.171 e. The molecule has 0 bridgehead atoms. The number of hydrogen-bond acceptors (Lipinski definition) is 2. The van der Waals surface area contributed by atoms with Gasteiger partial charge in [-0.3, -0.25) is 4.79 Å². The van der Waals surface area contributed by atoms with E-state index in [0.717, 1.165) is 12.8 Å². The Kier molecular flexibility index (Phi) is 2.24. The maximum Gasteiger partial charge on any atom is 0.171 e. The summed E-state index contributed by atoms with van der Waals surface area (Å²) in [6, 6.07) is 0. The van der Waals surface area contributed by atoms with E-state index in [1.54, 1.807) is 0 Å². The van der Waals surface area contributed by atoms with Crippen LogP contribution in [-0.2, 0) is 4.79 Å². The molecule has 1 nitrogen and oxygen atoms in total. The molecular formula is C13H18OS. The average molecular weight is 222 g/mol. The predicted molar refractivity (Wildman–Crippen MR) is 64.1 cm³/mol. The molecule has 1 atom stereocenters. The molecule has 0 aromatic rings. The highest BCUT2D eigenvalue weighted by atomic mass is 32.2. The summed E-state index contributed by atoms with van der Waals surface area (Å²) in [7, 11) is 0. The monoisotopic (exact) mass is 222 g/mol. The Hall–Kier alpha value is -0.240. The zero-order chi connectivity index (χ0) is 10.4. The van der Waals surface area contributed by atoms with Crippen LogP contribution in [-0.4, -0.2) is 16.3 Å². The second-order valence-corrected chi connectivity index (χ2v) is 6.63. The number of thioether (sulfide) groups is 1. The molecule has 1 saturated carbocycles. The SMILES string of the molecule is O=C1C=CCC2(CCCC2)[C@]12CCCS2. The summed E-state index contributed by atoms with van der Waals surface area (Å²) < 4.78 is -0.00174. The summed E-state index contributed by atoms with van der Waals surface area (Å²) in [4.78, 5) is 12.3. The van der Waals surface area contributed by atoms with Crippen molar-refractivity contribution in [3.63, 3.8) is 0 Å². The van der Waals surface area contributed by atoms with Gasteiger partial charge in [-0.2, -0.15) is 0 Å². The first kappa shape index (κ1) is 9.95. The molecule has 1 aliphatic heterocycles. The van der Waals surface area contributed by atoms with Gasteiger partial charge in [-0.25, -0.2) is 0 Å². The molecule has 2 spiro atoms. The lowest BCUT2D eigenvalue weighted by Gasteiger charge is -2.46. The largest absolute Gasteiger partial charge is 0.293 e. The van der Waals surface area contributed by atoms with Crippen LogP contribution in [0.3, 0.4) is 0 Å². The summed E-state index contributed by atoms with van der Waals surface area (Å²) in [5, 5.41) is 0. The van der Waals surface area contributed by atoms with Gasteiger partial charge in [0.05, 0.1) is 4.75 Å². The summed E-state index contributed by atoms with van der Waals surface area (Å²) in [5.74, 6) is 1.62. The van der Waals surface area contributed by atoms with Crippen molar-refractivity contribution in [3.8, 4) is 0 Å². The minimum absolute atomic E-state index is 0.00174. The van der Waals surface area contributed by atoms with Gasteiger partial charge >= 0.3 is 0 Å². The van der Waals surface area contributed by atoms with Crippen molar-refractivity contribution >= 4 is 17.5 Å². The number of allylic oxidation sites excluding steroid dienone is 2. The minimum atomic E-state index is -0.00174. The third-order valence-corrected chi connectivity index (χ3v) is 6.44. The number of ketones is 1. The second-order valence-electron chi connectivity index (χ2n) is 5.24. The molecule has 2 aliphatic carbocycles. The Balaban J connectivity index is 2.05. The maximum absolute atomic E-state index is 12.3. The zero-order valence-electron chi connectivity index (χ0n) is 9.13. The molecule has 2 fully saturated rings. The van der Waals surface area contributed by atoms with Crippen LogP contribution in [0.25, 0.3) is 0 Å². The van der Waals surface area contributed by atoms with Gasteiger partial charge in [0.2, 0.25) is 0 Å². The fraction of sp³-hybridized carbons (Fsp3) is 0.769. The van der Waals surface area contributed by atoms with E-state index in [1.807, 2.05) is 17.8 Å². The van der Waals surface area contributed by atoms with Crippen molar-refractivity contribution in [2.24, 2.45) is 5.41 Å². The quantitative estimate of drug-likeness (QED) is 0.625. The zero-order valence-corrected chi connectivity index (χ0v) is 9.94. The van der Waals surface area contributed by atoms with Crippen LogP contribution in [0.5, 0.6) is 0 Å². The molecule has 2 heteroatoms. The molecule has 1 heterocycles. The van der Waals surface area contributed by atoms with E-state index in [2.05, 4.69) is 6.08 Å². The van der Waals surface area contributed by atoms with Crippen LogP contribution in [0.4, 0.5) is 0 Å². The number of carbonyl (C=O) groups is 1. The third kappa shape index (κ3) is 1.20. The molecule has 3 rings (SSSR count). The molecule has 0 N–H and O–H groups in total. The summed E-state index contributed by atoms with van der Waals surface area (Å²) in [6.07, 6.45) is 12.8. The van der Waals surface area contributed by atoms with Crippen molar-refractivity contribution in [2.75, 3.05) is 5.75 Å². The van der Waals surface area contributed by atoms with Crippen LogP contribution in [0.2, 0.25) is 0 Å². The molecule has 0 unspecified atom stereocenters. The standard InChI is InChI=1S/C13H18OS/c14-11-5-3-8-12(6-1-2-7-12)13(11)9-4-10-15-13/h3,5H,1-2,4,6-10H2/t13-/m0/s1. The van der Waals surface area contributed by atoms with E-state index >= 15 is 0 Å². The number of carbonyl (C=O) groups excluding carboxylic acids is 1. The third-order valence-electron chi connectivity index (χ3n) is 4.61. The van der Waals surface area contributed by atoms with E-state index in [1.165, 1.54) is 37.9 Å². The van der Waals surface area contributed by atoms with E-state index in [4.69, 9.17) is 0 Å². The highest BCUT2D eigenvalue weighted by Crippen LogP contribution is 2.61. The van der Waals surface area contributed by atoms with Crippen molar-refractivity contribution in [1.82, 2.24) is 0 Å². The van der Waals surface area contributed by atoms with Crippen LogP contribution in [0.15, 0.2) is 12.2 Å². The highest BCUT2D eigenvalue weighted by Gasteiger charge is 2.58. The Morgan fingerprint density at radius 1 is 1.13 bits per heavy atom. The van der Waals surface area contributed by atoms with Gasteiger partial charge in [-0.05, 0) is 49.3 Å². The van der Waals surface area contributed by atoms with Gasteiger partial charge in [0.1, 0.15) is 0 Å². The minimum Gasteiger partial charge on any atom is -0.293 e. The Labute approximate surface area is 95.7 Å². The first-order valence-corrected chi connectivity index (χ1v) is 7.13. The Bertz CT molecular complexity index is 306. The van der Waals surface area contributed by atoms with Crippen molar-refractivity contribution in [3.05, 3.63) is 12.2 Å². The molecule has 0 amide bonds. The molecule has 0 aromatic carbocycles. The summed E-state index contributed by atoms with van der Waals surface area (Å²) in [5.41, 5.74) is 0.347. The van der Waals surface area contributed by atoms with E-state index in [-0.39, 0.29) is 4.75 Å². The van der Waals surface area contributed by atoms with E-state index in [0.29, 0.717) is 11.2 Å². The average Bonchev–Trinajstić information content (AvgIpc) is 2.84. The second kappa shape index (κ2) is 3.38. The van der Waals surface area contributed by atoms with Gasteiger partial charge in [-0.15, -0.1) is 11.8 Å². The van der Waals surface area contributed by atoms with Crippen molar-refractivity contribution in [1.29, 1.82) is 0 Å². The normalized spacial score (nSPS) is 38.3. The molecule has 0 aromatic heterocycles. The predicted octanol–water partition coefficient (Wildman–Crippen LogP) is 3.34. The molecule has 0 radical (unpaired) electrons. The fourth-order valence-electron chi connectivity index (χ4n) is 3.86. The molecule has 82 valence electrons. The Morgan fingerprint density at radius 3 is 2.60 bits per heavy atom. The first-order chi connectivity index (χ1) is 7.29. The lowest BCUT2D eigenvalue weighted by atomic mass is 9.65. The fourth-order valence-corrected chi connectivity index (χ4v) is 5.59. The van der Waals surface area contributed by atoms with Crippen LogP contribution >= 0.6 is 11.8 Å². The number of rotatable bonds is 0. The van der Waals surface area contributed by atoms with Gasteiger partial charge in [0, 0.05) is 0 Å². The van der Waals surface area contributed by atoms with Gasteiger partial charge in [-0.1, -0.05) is 18.9 Å². The van der Waals surface area contributed by atoms with E-state index in [9.17, 15) is 4.79 Å². The topological polar surface area (TPSA) is 17.1 Å². The Morgan fingerprint density at radius 2 is 1.93 bits per heavy atom. The maximum atomic E-state index is 12.3. The molecule has 3 aliphatic rings. The van der Waals surface area contributed by atoms with Gasteiger partial charge < -0.3 is 0 Å². The van der Waals surface area contributed by atoms with Gasteiger partial charge in [0.25, 0.3) is 0 Å². The molecule has 1 saturated heterocycles. The highest BCUT2D eigenvalue weighted by molar-refractivity contribution is 8.01. The van der Waals surface area contributed by atoms with Gasteiger partial charge in [0.15, 0.2) is 5.78 Å². The van der Waals surface area contributed by atoms with Crippen LogP contribution < -0.4 is 0 Å². The molecular weight excluding hydrogens is 204 g/mol. The van der Waals surface area contributed by atoms with E-state index < -0.39 is 0 Å². The summed E-state index contributed by atoms with van der Waals surface area (Å²) >= 11 is 1.97. The lowest BCUT2D eigenvalue weighted by molar-refractivity contribution is -0.120. The van der Waals surface area contributed by atoms with Crippen LogP contribution in [0.1, 0.15) is 44.9 Å². The van der Waals surface area contributed by atoms with Crippen molar-refractivity contribution < 1.29 is 4.79 Å². The lowest BCUT2D eigenvalue weighted by Crippen LogP contribution is -2.49. The molecule has 15 heavy (non-hydrogen) atoms. The number of hydrogen-bond donors (Lipinski definition) is 0. The van der Waals surface area contributed by atoms with Crippen molar-refractivity contribution in [2.45, 2.75) is 49.7 Å². The summed E-state index contributed by atoms with van der Waals surface area (Å²) in [6.45, 7) is 0. The van der Waals surface area contributed by atoms with Crippen LogP contribution in [0, 0.1) is 5.41 Å². The first-order valence-electron chi connectivity index (χ1n) is 6.14.